The predicted octanol–water partition coefficient (Wildman–Crippen LogP) is 7.90. The van der Waals surface area contributed by atoms with Crippen molar-refractivity contribution in [1.82, 2.24) is 0 Å². The van der Waals surface area contributed by atoms with Gasteiger partial charge in [-0.2, -0.15) is 26.3 Å². The van der Waals surface area contributed by atoms with Crippen molar-refractivity contribution in [3.63, 3.8) is 0 Å². The summed E-state index contributed by atoms with van der Waals surface area (Å²) in [6.45, 7) is 1.25. The van der Waals surface area contributed by atoms with Crippen LogP contribution in [0.3, 0.4) is 0 Å². The summed E-state index contributed by atoms with van der Waals surface area (Å²) in [5, 5.41) is 0. The van der Waals surface area contributed by atoms with Gasteiger partial charge in [0.05, 0.1) is 43.7 Å². The summed E-state index contributed by atoms with van der Waals surface area (Å²) < 4.78 is 161. The number of carbonyl (C=O) groups is 1. The smallest absolute Gasteiger partial charge is 0.367 e. The van der Waals surface area contributed by atoms with Gasteiger partial charge in [-0.05, 0) is 106 Å². The van der Waals surface area contributed by atoms with E-state index in [1.54, 1.807) is 19.6 Å². The zero-order chi connectivity index (χ0) is 42.7. The average Bonchev–Trinajstić information content (AvgIpc) is 3.13. The van der Waals surface area contributed by atoms with Gasteiger partial charge in [0.1, 0.15) is 11.6 Å². The zero-order valence-electron chi connectivity index (χ0n) is 30.4. The first-order valence-electron chi connectivity index (χ1n) is 17.2. The minimum atomic E-state index is -4.72. The van der Waals surface area contributed by atoms with Crippen LogP contribution in [0.15, 0.2) is 70.5 Å². The highest BCUT2D eigenvalue weighted by molar-refractivity contribution is 14.1. The Morgan fingerprint density at radius 3 is 1.07 bits per heavy atom. The summed E-state index contributed by atoms with van der Waals surface area (Å²) in [6, 6.07) is 9.73. The molecule has 4 aromatic rings. The van der Waals surface area contributed by atoms with E-state index in [-0.39, 0.29) is 84.7 Å². The van der Waals surface area contributed by atoms with Gasteiger partial charge < -0.3 is 19.6 Å². The second-order valence-corrected chi connectivity index (χ2v) is 19.9. The quantitative estimate of drug-likeness (QED) is 0.0992. The predicted molar refractivity (Wildman–Crippen MR) is 220 cm³/mol. The van der Waals surface area contributed by atoms with Crippen LogP contribution in [-0.4, -0.2) is 87.5 Å². The van der Waals surface area contributed by atoms with Crippen LogP contribution in [0, 0.1) is 18.8 Å². The van der Waals surface area contributed by atoms with Gasteiger partial charge >= 0.3 is 12.4 Å². The molecule has 0 spiro atoms. The molecule has 0 amide bonds. The number of anilines is 4. The first-order chi connectivity index (χ1) is 26.8. The molecule has 2 aliphatic rings. The van der Waals surface area contributed by atoms with E-state index in [0.717, 1.165) is 36.8 Å². The Labute approximate surface area is 356 Å². The number of halogens is 10. The highest BCUT2D eigenvalue weighted by atomic mass is 127. The van der Waals surface area contributed by atoms with Crippen molar-refractivity contribution in [3.8, 4) is 0 Å². The van der Waals surface area contributed by atoms with Crippen molar-refractivity contribution in [3.05, 3.63) is 102 Å². The summed E-state index contributed by atoms with van der Waals surface area (Å²) in [7, 11) is -7.86. The fourth-order valence-corrected chi connectivity index (χ4v) is 9.90. The van der Waals surface area contributed by atoms with Crippen LogP contribution in [0.5, 0.6) is 0 Å². The molecule has 0 aromatic heterocycles. The maximum atomic E-state index is 14.8. The van der Waals surface area contributed by atoms with E-state index >= 15 is 0 Å². The number of ketones is 1. The molecular formula is C37H32F8I2N4O5S2. The van der Waals surface area contributed by atoms with E-state index in [1.165, 1.54) is 24.3 Å². The van der Waals surface area contributed by atoms with E-state index in [9.17, 15) is 56.8 Å². The number of rotatable bonds is 8. The van der Waals surface area contributed by atoms with Crippen molar-refractivity contribution in [2.75, 3.05) is 84.5 Å². The normalized spacial score (nSPS) is 15.9. The van der Waals surface area contributed by atoms with Crippen molar-refractivity contribution < 1.29 is 56.8 Å². The standard InChI is InChI=1S/C37H32F8I2N4O5S2/c1-57(53,54)23-17-25(33(46)31(19-23)50-11-7-48(8-12-50)29-5-3-21(15-27(29)38)36(40,41)42)35(52)26-18-24(58(2,55)56)20-32(34(26)47)51-13-9-49(10-14-51)30-6-4-22(16-28(30)39)37(43,44)45/h3-6,15-20H,7-14H2,1-2H3. The van der Waals surface area contributed by atoms with Crippen LogP contribution < -0.4 is 19.6 Å². The monoisotopic (exact) mass is 1080 g/mol. The van der Waals surface area contributed by atoms with Crippen LogP contribution >= 0.6 is 45.2 Å². The van der Waals surface area contributed by atoms with Crippen LogP contribution in [0.4, 0.5) is 57.9 Å². The molecule has 58 heavy (non-hydrogen) atoms. The Morgan fingerprint density at radius 1 is 0.517 bits per heavy atom. The lowest BCUT2D eigenvalue weighted by molar-refractivity contribution is -0.138. The Hall–Kier alpha value is -3.45. The first-order valence-corrected chi connectivity index (χ1v) is 23.1. The van der Waals surface area contributed by atoms with Crippen molar-refractivity contribution in [2.24, 2.45) is 0 Å². The maximum Gasteiger partial charge on any atom is 0.416 e. The fourth-order valence-electron chi connectivity index (χ4n) is 6.79. The number of carbonyl (C=O) groups excluding carboxylic acids is 1. The lowest BCUT2D eigenvalue weighted by atomic mass is 10.0. The van der Waals surface area contributed by atoms with Crippen LogP contribution in [0.2, 0.25) is 0 Å². The molecular weight excluding hydrogens is 1050 g/mol. The van der Waals surface area contributed by atoms with Gasteiger partial charge in [-0.1, -0.05) is 0 Å². The number of sulfone groups is 2. The summed E-state index contributed by atoms with van der Waals surface area (Å²) in [4.78, 5) is 20.8. The molecule has 4 aromatic carbocycles. The minimum Gasteiger partial charge on any atom is -0.367 e. The molecule has 2 aliphatic heterocycles. The van der Waals surface area contributed by atoms with Crippen LogP contribution in [0.1, 0.15) is 27.0 Å². The lowest BCUT2D eigenvalue weighted by Crippen LogP contribution is -2.47. The molecule has 2 fully saturated rings. The summed E-state index contributed by atoms with van der Waals surface area (Å²) in [5.74, 6) is -2.79. The molecule has 0 unspecified atom stereocenters. The van der Waals surface area contributed by atoms with E-state index in [2.05, 4.69) is 0 Å². The summed E-state index contributed by atoms with van der Waals surface area (Å²) in [5.41, 5.74) is -1.73. The van der Waals surface area contributed by atoms with Crippen molar-refractivity contribution in [1.29, 1.82) is 0 Å². The van der Waals surface area contributed by atoms with Gasteiger partial charge in [0, 0.05) is 83.1 Å². The second kappa shape index (κ2) is 16.2. The molecule has 0 saturated carbocycles. The molecule has 0 bridgehead atoms. The molecule has 0 atom stereocenters. The second-order valence-electron chi connectivity index (χ2n) is 13.8. The molecule has 0 N–H and O–H groups in total. The third kappa shape index (κ3) is 9.30. The van der Waals surface area contributed by atoms with Crippen molar-refractivity contribution in [2.45, 2.75) is 22.1 Å². The SMILES string of the molecule is CS(=O)(=O)c1cc(C(=O)c2cc(S(C)(=O)=O)cc(N3CCN(c4ccc(C(F)(F)F)cc4F)CC3)c2I)c(I)c(N2CCN(c3ccc(C(F)(F)F)cc3F)CC2)c1. The number of piperazine rings is 2. The number of benzene rings is 4. The number of nitrogens with zero attached hydrogens (tertiary/aromatic N) is 4. The van der Waals surface area contributed by atoms with Crippen LogP contribution in [-0.2, 0) is 32.0 Å². The van der Waals surface area contributed by atoms with Gasteiger partial charge in [0.15, 0.2) is 25.5 Å². The topological polar surface area (TPSA) is 98.3 Å². The average molecular weight is 1080 g/mol. The molecule has 6 rings (SSSR count). The third-order valence-electron chi connectivity index (χ3n) is 9.87. The first kappa shape index (κ1) is 44.1. The number of hydrogen-bond donors (Lipinski definition) is 0. The number of alkyl halides is 6. The molecule has 2 saturated heterocycles. The van der Waals surface area contributed by atoms with E-state index in [4.69, 9.17) is 0 Å². The van der Waals surface area contributed by atoms with E-state index < -0.39 is 60.6 Å². The Balaban J connectivity index is 1.31. The highest BCUT2D eigenvalue weighted by Crippen LogP contribution is 2.38. The lowest BCUT2D eigenvalue weighted by Gasteiger charge is -2.38. The molecule has 9 nitrogen and oxygen atoms in total. The van der Waals surface area contributed by atoms with Gasteiger partial charge in [0.25, 0.3) is 0 Å². The maximum absolute atomic E-state index is 14.8. The van der Waals surface area contributed by atoms with E-state index in [0.29, 0.717) is 30.6 Å². The molecule has 312 valence electrons. The van der Waals surface area contributed by atoms with Gasteiger partial charge in [-0.15, -0.1) is 0 Å². The van der Waals surface area contributed by atoms with Crippen LogP contribution in [0.25, 0.3) is 0 Å². The molecule has 0 aliphatic carbocycles. The fraction of sp³-hybridized carbons (Fsp3) is 0.324. The Morgan fingerprint density at radius 2 is 0.810 bits per heavy atom. The molecule has 21 heteroatoms. The highest BCUT2D eigenvalue weighted by Gasteiger charge is 2.34. The van der Waals surface area contributed by atoms with Gasteiger partial charge in [-0.25, -0.2) is 25.6 Å². The largest absolute Gasteiger partial charge is 0.416 e. The van der Waals surface area contributed by atoms with Crippen molar-refractivity contribution >= 4 is 93.4 Å². The van der Waals surface area contributed by atoms with Gasteiger partial charge in [0.2, 0.25) is 0 Å². The van der Waals surface area contributed by atoms with E-state index in [1.807, 2.05) is 45.2 Å². The molecule has 0 radical (unpaired) electrons. The number of hydrogen-bond acceptors (Lipinski definition) is 9. The zero-order valence-corrected chi connectivity index (χ0v) is 36.3. The third-order valence-corrected chi connectivity index (χ3v) is 14.3. The Bertz CT molecular complexity index is 2330. The van der Waals surface area contributed by atoms with Gasteiger partial charge in [-0.3, -0.25) is 4.79 Å². The summed E-state index contributed by atoms with van der Waals surface area (Å²) in [6.07, 6.45) is -7.53. The minimum absolute atomic E-state index is 0.0348. The Kier molecular flexibility index (Phi) is 12.3. The molecule has 2 heterocycles. The summed E-state index contributed by atoms with van der Waals surface area (Å²) >= 11 is 3.80.